The lowest BCUT2D eigenvalue weighted by Crippen LogP contribution is -2.50. The normalized spacial score (nSPS) is 23.9. The molecule has 1 rings (SSSR count). The van der Waals surface area contributed by atoms with Gasteiger partial charge in [0, 0.05) is 7.05 Å². The molecule has 0 saturated carbocycles. The van der Waals surface area contributed by atoms with Gasteiger partial charge >= 0.3 is 22.3 Å². The Kier molecular flexibility index (Phi) is 4.48. The summed E-state index contributed by atoms with van der Waals surface area (Å²) < 4.78 is 34.9. The van der Waals surface area contributed by atoms with Crippen molar-refractivity contribution in [3.63, 3.8) is 0 Å². The molecule has 10 heteroatoms. The van der Waals surface area contributed by atoms with Gasteiger partial charge in [0.05, 0.1) is 32.3 Å². The molecule has 0 spiro atoms. The molecule has 9 nitrogen and oxygen atoms in total. The van der Waals surface area contributed by atoms with Crippen molar-refractivity contribution >= 4 is 22.3 Å². The van der Waals surface area contributed by atoms with E-state index >= 15 is 0 Å². The van der Waals surface area contributed by atoms with Crippen molar-refractivity contribution in [2.45, 2.75) is 6.04 Å². The molecule has 1 aliphatic rings. The van der Waals surface area contributed by atoms with Gasteiger partial charge in [-0.2, -0.15) is 12.7 Å². The molecule has 2 unspecified atom stereocenters. The smallest absolute Gasteiger partial charge is 0.421 e. The average Bonchev–Trinajstić information content (AvgIpc) is 2.75. The van der Waals surface area contributed by atoms with E-state index in [1.165, 1.54) is 7.05 Å². The second-order valence-electron chi connectivity index (χ2n) is 3.66. The molecule has 0 aromatic rings. The molecule has 1 fully saturated rings. The number of hydrogen-bond acceptors (Lipinski definition) is 6. The third kappa shape index (κ3) is 3.09. The van der Waals surface area contributed by atoms with E-state index in [9.17, 15) is 18.0 Å². The first-order valence-corrected chi connectivity index (χ1v) is 6.38. The van der Waals surface area contributed by atoms with E-state index in [4.69, 9.17) is 9.84 Å². The largest absolute Gasteiger partial charge is 0.481 e. The fraction of sp³-hybridized carbons (Fsp3) is 0.750. The summed E-state index contributed by atoms with van der Waals surface area (Å²) in [6.45, 7) is -0.117. The third-order valence-electron chi connectivity index (χ3n) is 2.61. The summed E-state index contributed by atoms with van der Waals surface area (Å²) in [5.41, 5.74) is 0. The summed E-state index contributed by atoms with van der Waals surface area (Å²) in [5, 5.41) is 8.91. The Hall–Kier alpha value is -1.39. The van der Waals surface area contributed by atoms with E-state index in [0.29, 0.717) is 0 Å². The molecule has 18 heavy (non-hydrogen) atoms. The molecule has 1 saturated heterocycles. The topological polar surface area (TPSA) is 122 Å². The summed E-state index contributed by atoms with van der Waals surface area (Å²) in [4.78, 5) is 21.8. The van der Waals surface area contributed by atoms with Crippen LogP contribution in [0.15, 0.2) is 0 Å². The number of nitrogens with zero attached hydrogens (tertiary/aromatic N) is 1. The number of carbonyl (C=O) groups is 2. The van der Waals surface area contributed by atoms with Crippen molar-refractivity contribution in [2.24, 2.45) is 5.92 Å². The van der Waals surface area contributed by atoms with E-state index in [2.05, 4.69) is 4.74 Å². The summed E-state index contributed by atoms with van der Waals surface area (Å²) in [7, 11) is -1.97. The van der Waals surface area contributed by atoms with Crippen LogP contribution < -0.4 is 4.72 Å². The number of likely N-dealkylation sites (N-methyl/N-ethyl adjacent to an activating group) is 1. The molecule has 2 N–H and O–H groups in total. The van der Waals surface area contributed by atoms with Crippen molar-refractivity contribution in [3.8, 4) is 0 Å². The zero-order chi connectivity index (χ0) is 13.9. The van der Waals surface area contributed by atoms with Crippen LogP contribution in [0, 0.1) is 5.92 Å². The van der Waals surface area contributed by atoms with Crippen molar-refractivity contribution in [2.75, 3.05) is 27.4 Å². The number of rotatable bonds is 4. The number of aliphatic carboxylic acids is 1. The van der Waals surface area contributed by atoms with Gasteiger partial charge in [0.2, 0.25) is 0 Å². The van der Waals surface area contributed by atoms with Crippen LogP contribution in [0.2, 0.25) is 0 Å². The molecule has 0 radical (unpaired) electrons. The lowest BCUT2D eigenvalue weighted by Gasteiger charge is -2.25. The van der Waals surface area contributed by atoms with Crippen molar-refractivity contribution in [1.29, 1.82) is 0 Å². The highest BCUT2D eigenvalue weighted by molar-refractivity contribution is 7.87. The highest BCUT2D eigenvalue weighted by atomic mass is 32.2. The number of hydrogen-bond donors (Lipinski definition) is 2. The van der Waals surface area contributed by atoms with Crippen LogP contribution in [-0.4, -0.2) is 63.3 Å². The van der Waals surface area contributed by atoms with Gasteiger partial charge in [-0.3, -0.25) is 4.79 Å². The van der Waals surface area contributed by atoms with Crippen LogP contribution >= 0.6 is 0 Å². The van der Waals surface area contributed by atoms with Crippen LogP contribution in [0.4, 0.5) is 4.79 Å². The third-order valence-corrected chi connectivity index (χ3v) is 4.07. The number of amides is 1. The van der Waals surface area contributed by atoms with Crippen LogP contribution in [0.3, 0.4) is 0 Å². The number of carboxylic acids is 1. The minimum Gasteiger partial charge on any atom is -0.481 e. The number of nitrogens with one attached hydrogen (secondary N) is 1. The van der Waals surface area contributed by atoms with Gasteiger partial charge in [-0.05, 0) is 0 Å². The minimum atomic E-state index is -4.16. The summed E-state index contributed by atoms with van der Waals surface area (Å²) >= 11 is 0. The maximum absolute atomic E-state index is 11.7. The predicted molar refractivity (Wildman–Crippen MR) is 58.0 cm³/mol. The number of ether oxygens (including phenoxy) is 2. The zero-order valence-electron chi connectivity index (χ0n) is 9.82. The standard InChI is InChI=1S/C8H14N2O7S/c1-10(18(14,15)9-8(13)16-2)6-4-17-3-5(6)7(11)12/h5-6H,3-4H2,1-2H3,(H,9,13)(H,11,12). The van der Waals surface area contributed by atoms with Gasteiger partial charge < -0.3 is 14.6 Å². The van der Waals surface area contributed by atoms with Crippen molar-refractivity contribution < 1.29 is 32.6 Å². The van der Waals surface area contributed by atoms with Gasteiger partial charge in [0.15, 0.2) is 0 Å². The molecule has 1 aliphatic heterocycles. The number of carbonyl (C=O) groups excluding carboxylic acids is 1. The van der Waals surface area contributed by atoms with Crippen LogP contribution in [0.1, 0.15) is 0 Å². The molecule has 0 aromatic carbocycles. The Morgan fingerprint density at radius 1 is 1.44 bits per heavy atom. The first-order valence-electron chi connectivity index (χ1n) is 4.94. The Labute approximate surface area is 104 Å². The molecule has 2 atom stereocenters. The molecule has 1 heterocycles. The molecule has 104 valence electrons. The first-order chi connectivity index (χ1) is 8.29. The maximum Gasteiger partial charge on any atom is 0.421 e. The van der Waals surface area contributed by atoms with E-state index < -0.39 is 34.2 Å². The second-order valence-corrected chi connectivity index (χ2v) is 5.39. The maximum atomic E-state index is 11.7. The Balaban J connectivity index is 2.82. The van der Waals surface area contributed by atoms with Crippen LogP contribution in [-0.2, 0) is 24.5 Å². The van der Waals surface area contributed by atoms with Gasteiger partial charge in [-0.15, -0.1) is 0 Å². The van der Waals surface area contributed by atoms with Gasteiger partial charge in [-0.25, -0.2) is 9.52 Å². The highest BCUT2D eigenvalue weighted by Gasteiger charge is 2.41. The van der Waals surface area contributed by atoms with E-state index in [0.717, 1.165) is 11.4 Å². The summed E-state index contributed by atoms with van der Waals surface area (Å²) in [5.74, 6) is -2.12. The quantitative estimate of drug-likeness (QED) is 0.651. The molecular formula is C8H14N2O7S. The minimum absolute atomic E-state index is 0.0461. The second kappa shape index (κ2) is 5.50. The van der Waals surface area contributed by atoms with Crippen LogP contribution in [0.5, 0.6) is 0 Å². The van der Waals surface area contributed by atoms with Gasteiger partial charge in [0.25, 0.3) is 0 Å². The van der Waals surface area contributed by atoms with Gasteiger partial charge in [0.1, 0.15) is 0 Å². The van der Waals surface area contributed by atoms with E-state index in [1.54, 1.807) is 4.72 Å². The Bertz CT molecular complexity index is 435. The molecule has 0 bridgehead atoms. The molecule has 0 aliphatic carbocycles. The van der Waals surface area contributed by atoms with E-state index in [-0.39, 0.29) is 13.2 Å². The SMILES string of the molecule is COC(=O)NS(=O)(=O)N(C)C1COCC1C(=O)O. The van der Waals surface area contributed by atoms with Crippen molar-refractivity contribution in [3.05, 3.63) is 0 Å². The fourth-order valence-corrected chi connectivity index (χ4v) is 2.54. The monoisotopic (exact) mass is 282 g/mol. The lowest BCUT2D eigenvalue weighted by atomic mass is 10.1. The fourth-order valence-electron chi connectivity index (χ4n) is 1.53. The summed E-state index contributed by atoms with van der Waals surface area (Å²) in [6.07, 6.45) is -1.15. The molecule has 0 aromatic heterocycles. The summed E-state index contributed by atoms with van der Waals surface area (Å²) in [6, 6.07) is -0.871. The van der Waals surface area contributed by atoms with Gasteiger partial charge in [-0.1, -0.05) is 0 Å². The first kappa shape index (κ1) is 14.7. The van der Waals surface area contributed by atoms with Crippen LogP contribution in [0.25, 0.3) is 0 Å². The molecule has 1 amide bonds. The Morgan fingerprint density at radius 3 is 2.56 bits per heavy atom. The van der Waals surface area contributed by atoms with Crippen molar-refractivity contribution in [1.82, 2.24) is 9.03 Å². The molecular weight excluding hydrogens is 268 g/mol. The van der Waals surface area contributed by atoms with E-state index in [1.807, 2.05) is 0 Å². The lowest BCUT2D eigenvalue weighted by molar-refractivity contribution is -0.142. The Morgan fingerprint density at radius 2 is 2.06 bits per heavy atom. The predicted octanol–water partition coefficient (Wildman–Crippen LogP) is -1.38. The number of methoxy groups -OCH3 is 1. The average molecular weight is 282 g/mol. The zero-order valence-corrected chi connectivity index (χ0v) is 10.6. The highest BCUT2D eigenvalue weighted by Crippen LogP contribution is 2.20. The number of carboxylic acid groups (broad SMARTS) is 1.